The normalized spacial score (nSPS) is 11.9. The summed E-state index contributed by atoms with van der Waals surface area (Å²) in [5.74, 6) is 2.24. The minimum Gasteiger partial charge on any atom is -0.301 e. The highest BCUT2D eigenvalue weighted by Gasteiger charge is 2.30. The average Bonchev–Trinajstić information content (AvgIpc) is 2.49. The number of thioether (sulfide) groups is 2. The van der Waals surface area contributed by atoms with Crippen LogP contribution in [0.2, 0.25) is 0 Å². The fourth-order valence-electron chi connectivity index (χ4n) is 1.74. The van der Waals surface area contributed by atoms with Crippen LogP contribution in [0.3, 0.4) is 0 Å². The van der Waals surface area contributed by atoms with Crippen molar-refractivity contribution in [2.75, 3.05) is 11.5 Å². The third-order valence-electron chi connectivity index (χ3n) is 4.13. The van der Waals surface area contributed by atoms with Crippen molar-refractivity contribution in [3.63, 3.8) is 0 Å². The number of hydrogen-bond acceptors (Lipinski definition) is 5. The zero-order valence-corrected chi connectivity index (χ0v) is 16.2. The molecular weight excluding hydrogens is 328 g/mol. The maximum absolute atomic E-state index is 12.1. The number of nitrogens with one attached hydrogen (secondary N) is 1. The molecule has 130 valence electrons. The Labute approximate surface area is 147 Å². The summed E-state index contributed by atoms with van der Waals surface area (Å²) in [5, 5.41) is 0.997. The second-order valence-electron chi connectivity index (χ2n) is 6.51. The van der Waals surface area contributed by atoms with Crippen LogP contribution in [0.15, 0.2) is 22.2 Å². The van der Waals surface area contributed by atoms with E-state index in [0.717, 1.165) is 37.2 Å². The first-order valence-corrected chi connectivity index (χ1v) is 10.2. The fraction of sp³-hybridized carbons (Fsp3) is 0.706. The van der Waals surface area contributed by atoms with Gasteiger partial charge in [0.25, 0.3) is 5.56 Å². The molecule has 0 amide bonds. The van der Waals surface area contributed by atoms with Crippen molar-refractivity contribution in [3.05, 3.63) is 22.6 Å². The summed E-state index contributed by atoms with van der Waals surface area (Å²) >= 11 is 3.06. The van der Waals surface area contributed by atoms with Gasteiger partial charge in [-0.05, 0) is 18.8 Å². The molecule has 1 N–H and O–H groups in total. The lowest BCUT2D eigenvalue weighted by Crippen LogP contribution is -2.27. The van der Waals surface area contributed by atoms with Gasteiger partial charge in [0.05, 0.1) is 0 Å². The molecule has 1 aromatic heterocycles. The van der Waals surface area contributed by atoms with Gasteiger partial charge >= 0.3 is 0 Å². The van der Waals surface area contributed by atoms with Gasteiger partial charge < -0.3 is 4.98 Å². The van der Waals surface area contributed by atoms with Crippen LogP contribution in [-0.4, -0.2) is 26.6 Å². The molecule has 0 unspecified atom stereocenters. The molecule has 0 radical (unpaired) electrons. The number of hydrogen-bond donors (Lipinski definition) is 1. The average molecular weight is 357 g/mol. The molecule has 0 aromatic carbocycles. The molecular formula is C17H28N2O2S2. The Morgan fingerprint density at radius 3 is 2.48 bits per heavy atom. The summed E-state index contributed by atoms with van der Waals surface area (Å²) in [5.41, 5.74) is -0.338. The predicted octanol–water partition coefficient (Wildman–Crippen LogP) is 4.36. The molecule has 4 nitrogen and oxygen atoms in total. The fourth-order valence-corrected chi connectivity index (χ4v) is 3.73. The third kappa shape index (κ3) is 7.57. The summed E-state index contributed by atoms with van der Waals surface area (Å²) < 4.78 is 0. The Hall–Kier alpha value is -0.750. The minimum absolute atomic E-state index is 0.103. The first kappa shape index (κ1) is 20.3. The van der Waals surface area contributed by atoms with Gasteiger partial charge in [-0.1, -0.05) is 64.1 Å². The van der Waals surface area contributed by atoms with Crippen LogP contribution in [0.1, 0.15) is 53.4 Å². The van der Waals surface area contributed by atoms with E-state index in [-0.39, 0.29) is 11.0 Å². The molecule has 0 aliphatic rings. The van der Waals surface area contributed by atoms with Gasteiger partial charge in [0.15, 0.2) is 10.3 Å². The van der Waals surface area contributed by atoms with Crippen LogP contribution in [0.5, 0.6) is 0 Å². The van der Waals surface area contributed by atoms with Gasteiger partial charge in [-0.2, -0.15) is 0 Å². The number of carbonyl (C=O) groups excluding carboxylic acids is 1. The van der Waals surface area contributed by atoms with Gasteiger partial charge in [-0.3, -0.25) is 9.59 Å². The number of carbonyl (C=O) groups is 1. The summed E-state index contributed by atoms with van der Waals surface area (Å²) in [6.45, 7) is 8.27. The van der Waals surface area contributed by atoms with Crippen molar-refractivity contribution >= 4 is 28.6 Å². The minimum atomic E-state index is -0.235. The summed E-state index contributed by atoms with van der Waals surface area (Å²) in [4.78, 5) is 30.1. The van der Waals surface area contributed by atoms with E-state index in [4.69, 9.17) is 0 Å². The summed E-state index contributed by atoms with van der Waals surface area (Å²) in [7, 11) is 0. The number of aromatic nitrogens is 2. The van der Waals surface area contributed by atoms with E-state index in [1.807, 2.05) is 13.8 Å². The zero-order valence-electron chi connectivity index (χ0n) is 14.6. The summed E-state index contributed by atoms with van der Waals surface area (Å²) in [6.07, 6.45) is 6.00. The second kappa shape index (κ2) is 10.2. The van der Waals surface area contributed by atoms with E-state index in [9.17, 15) is 9.59 Å². The van der Waals surface area contributed by atoms with Crippen LogP contribution in [0.25, 0.3) is 0 Å². The number of aromatic amines is 1. The molecule has 0 fully saturated rings. The van der Waals surface area contributed by atoms with E-state index >= 15 is 0 Å². The molecule has 0 spiro atoms. The van der Waals surface area contributed by atoms with Crippen molar-refractivity contribution in [2.24, 2.45) is 11.3 Å². The van der Waals surface area contributed by atoms with Gasteiger partial charge in [0.2, 0.25) is 0 Å². The lowest BCUT2D eigenvalue weighted by molar-refractivity contribution is -0.120. The van der Waals surface area contributed by atoms with E-state index in [2.05, 4.69) is 23.8 Å². The molecule has 0 saturated heterocycles. The molecule has 1 rings (SSSR count). The Kier molecular flexibility index (Phi) is 8.99. The highest BCUT2D eigenvalue weighted by molar-refractivity contribution is 8.13. The topological polar surface area (TPSA) is 62.8 Å². The molecule has 0 saturated carbocycles. The van der Waals surface area contributed by atoms with Gasteiger partial charge in [0, 0.05) is 29.2 Å². The first-order chi connectivity index (χ1) is 10.8. The molecule has 0 atom stereocenters. The van der Waals surface area contributed by atoms with Gasteiger partial charge in [0.1, 0.15) is 0 Å². The quantitative estimate of drug-likeness (QED) is 0.383. The predicted molar refractivity (Wildman–Crippen MR) is 100 cm³/mol. The van der Waals surface area contributed by atoms with Crippen molar-refractivity contribution in [1.82, 2.24) is 9.97 Å². The van der Waals surface area contributed by atoms with Crippen LogP contribution < -0.4 is 5.56 Å². The highest BCUT2D eigenvalue weighted by Crippen LogP contribution is 2.32. The van der Waals surface area contributed by atoms with E-state index in [0.29, 0.717) is 16.2 Å². The van der Waals surface area contributed by atoms with Crippen LogP contribution >= 0.6 is 23.5 Å². The van der Waals surface area contributed by atoms with Crippen molar-refractivity contribution < 1.29 is 4.79 Å². The standard InChI is InChI=1S/C17H28N2O2S2/c1-13(2)17(3,4)15(21)22-11-7-5-6-8-12-23-16-18-10-9-14(20)19-16/h9-10,13H,5-8,11-12H2,1-4H3,(H,18,19,20). The van der Waals surface area contributed by atoms with E-state index in [1.165, 1.54) is 24.0 Å². The lowest BCUT2D eigenvalue weighted by Gasteiger charge is -2.26. The smallest absolute Gasteiger partial charge is 0.251 e. The Bertz CT molecular complexity index is 541. The maximum atomic E-state index is 12.1. The lowest BCUT2D eigenvalue weighted by atomic mass is 9.83. The Morgan fingerprint density at radius 2 is 1.87 bits per heavy atom. The van der Waals surface area contributed by atoms with Crippen LogP contribution in [0.4, 0.5) is 0 Å². The molecule has 23 heavy (non-hydrogen) atoms. The van der Waals surface area contributed by atoms with Crippen molar-refractivity contribution in [1.29, 1.82) is 0 Å². The first-order valence-electron chi connectivity index (χ1n) is 8.19. The van der Waals surface area contributed by atoms with E-state index < -0.39 is 0 Å². The molecule has 1 heterocycles. The monoisotopic (exact) mass is 356 g/mol. The molecule has 0 bridgehead atoms. The number of nitrogens with zero attached hydrogens (tertiary/aromatic N) is 1. The van der Waals surface area contributed by atoms with E-state index in [1.54, 1.807) is 11.8 Å². The molecule has 1 aromatic rings. The van der Waals surface area contributed by atoms with Gasteiger partial charge in [-0.25, -0.2) is 4.98 Å². The Morgan fingerprint density at radius 1 is 1.22 bits per heavy atom. The third-order valence-corrected chi connectivity index (χ3v) is 6.38. The largest absolute Gasteiger partial charge is 0.301 e. The molecule has 6 heteroatoms. The maximum Gasteiger partial charge on any atom is 0.251 e. The van der Waals surface area contributed by atoms with Gasteiger partial charge in [-0.15, -0.1) is 0 Å². The number of H-pyrrole nitrogens is 1. The Balaban J connectivity index is 2.06. The van der Waals surface area contributed by atoms with Crippen molar-refractivity contribution in [3.8, 4) is 0 Å². The molecule has 0 aliphatic carbocycles. The SMILES string of the molecule is CC(C)C(C)(C)C(=O)SCCCCCCSc1nccc(=O)[nH]1. The number of rotatable bonds is 10. The van der Waals surface area contributed by atoms with Crippen LogP contribution in [0, 0.1) is 11.3 Å². The number of unbranched alkanes of at least 4 members (excludes halogenated alkanes) is 3. The van der Waals surface area contributed by atoms with Crippen LogP contribution in [-0.2, 0) is 4.79 Å². The zero-order chi connectivity index (χ0) is 17.3. The molecule has 0 aliphatic heterocycles. The van der Waals surface area contributed by atoms with Crippen molar-refractivity contribution in [2.45, 2.75) is 58.5 Å². The summed E-state index contributed by atoms with van der Waals surface area (Å²) in [6, 6.07) is 1.42. The highest BCUT2D eigenvalue weighted by atomic mass is 32.2. The second-order valence-corrected chi connectivity index (χ2v) is 8.67.